The highest BCUT2D eigenvalue weighted by molar-refractivity contribution is 5.66. The van der Waals surface area contributed by atoms with Gasteiger partial charge in [-0.15, -0.1) is 0 Å². The smallest absolute Gasteiger partial charge is 0.303 e. The lowest BCUT2D eigenvalue weighted by Gasteiger charge is -1.98. The van der Waals surface area contributed by atoms with Gasteiger partial charge in [0.1, 0.15) is 0 Å². The minimum absolute atomic E-state index is 0.00565. The fourth-order valence-corrected chi connectivity index (χ4v) is 0.772. The van der Waals surface area contributed by atoms with E-state index in [1.54, 1.807) is 6.92 Å². The van der Waals surface area contributed by atoms with Crippen molar-refractivity contribution in [2.24, 2.45) is 11.5 Å². The molecule has 0 saturated heterocycles. The molecule has 0 aliphatic heterocycles. The molecule has 6 N–H and O–H groups in total. The Morgan fingerprint density at radius 2 is 1.62 bits per heavy atom. The Labute approximate surface area is 95.6 Å². The minimum atomic E-state index is -0.776. The summed E-state index contributed by atoms with van der Waals surface area (Å²) in [6, 6.07) is 0.00565. The summed E-state index contributed by atoms with van der Waals surface area (Å²) in [6.45, 7) is 2.39. The lowest BCUT2D eigenvalue weighted by molar-refractivity contribution is -0.138. The van der Waals surface area contributed by atoms with Crippen molar-refractivity contribution in [1.82, 2.24) is 0 Å². The molecule has 16 heavy (non-hydrogen) atoms. The average molecular weight is 234 g/mol. The number of aliphatic carboxylic acids is 2. The van der Waals surface area contributed by atoms with Crippen molar-refractivity contribution in [3.05, 3.63) is 0 Å². The molecule has 0 aromatic heterocycles. The molecule has 96 valence electrons. The molecule has 1 atom stereocenters. The Morgan fingerprint density at radius 1 is 1.12 bits per heavy atom. The summed E-state index contributed by atoms with van der Waals surface area (Å²) in [4.78, 5) is 19.7. The maximum atomic E-state index is 9.85. The largest absolute Gasteiger partial charge is 0.481 e. The zero-order valence-electron chi connectivity index (χ0n) is 9.69. The second-order valence-electron chi connectivity index (χ2n) is 3.55. The van der Waals surface area contributed by atoms with Crippen molar-refractivity contribution in [3.63, 3.8) is 0 Å². The van der Waals surface area contributed by atoms with E-state index in [0.29, 0.717) is 19.4 Å². The predicted octanol–water partition coefficient (Wildman–Crippen LogP) is 0.398. The third kappa shape index (κ3) is 23.0. The van der Waals surface area contributed by atoms with Crippen LogP contribution in [0.4, 0.5) is 0 Å². The van der Waals surface area contributed by atoms with Crippen LogP contribution in [0.5, 0.6) is 0 Å². The number of hydrogen-bond acceptors (Lipinski definition) is 4. The molecular formula is C10H22N2O4. The lowest BCUT2D eigenvalue weighted by atomic mass is 10.2. The maximum Gasteiger partial charge on any atom is 0.303 e. The molecule has 0 spiro atoms. The molecule has 0 amide bonds. The summed E-state index contributed by atoms with van der Waals surface area (Å²) in [6.07, 6.45) is 2.50. The van der Waals surface area contributed by atoms with Crippen molar-refractivity contribution in [1.29, 1.82) is 0 Å². The molecule has 0 bridgehead atoms. The van der Waals surface area contributed by atoms with E-state index < -0.39 is 11.9 Å². The number of rotatable bonds is 7. The first-order chi connectivity index (χ1) is 7.40. The van der Waals surface area contributed by atoms with Crippen LogP contribution in [0.3, 0.4) is 0 Å². The molecule has 0 rings (SSSR count). The van der Waals surface area contributed by atoms with Gasteiger partial charge < -0.3 is 21.7 Å². The first-order valence-corrected chi connectivity index (χ1v) is 5.29. The predicted molar refractivity (Wildman–Crippen MR) is 61.1 cm³/mol. The van der Waals surface area contributed by atoms with Crippen LogP contribution in [-0.4, -0.2) is 34.7 Å². The number of nitrogens with two attached hydrogens (primary N) is 2. The molecule has 0 aliphatic carbocycles. The van der Waals surface area contributed by atoms with E-state index in [0.717, 1.165) is 6.42 Å². The van der Waals surface area contributed by atoms with Gasteiger partial charge in [0.25, 0.3) is 0 Å². The summed E-state index contributed by atoms with van der Waals surface area (Å²) in [7, 11) is 0. The monoisotopic (exact) mass is 234 g/mol. The van der Waals surface area contributed by atoms with Gasteiger partial charge in [0.2, 0.25) is 0 Å². The van der Waals surface area contributed by atoms with Crippen LogP contribution in [-0.2, 0) is 9.59 Å². The molecule has 0 radical (unpaired) electrons. The number of carbonyl (C=O) groups is 2. The Balaban J connectivity index is 0. The van der Waals surface area contributed by atoms with E-state index in [-0.39, 0.29) is 18.9 Å². The number of unbranched alkanes of at least 4 members (excludes halogenated alkanes) is 1. The topological polar surface area (TPSA) is 127 Å². The summed E-state index contributed by atoms with van der Waals surface area (Å²) >= 11 is 0. The van der Waals surface area contributed by atoms with Gasteiger partial charge in [-0.2, -0.15) is 0 Å². The standard InChI is InChI=1S/2C5H11NO2/c1-4(6)2-3-5(7)8;6-4-2-1-3-5(7)8/h4H,2-3,6H2,1H3,(H,7,8);1-4,6H2,(H,7,8). The molecule has 0 aromatic rings. The quantitative estimate of drug-likeness (QED) is 0.472. The molecule has 0 heterocycles. The third-order valence-corrected chi connectivity index (χ3v) is 1.66. The fraction of sp³-hybridized carbons (Fsp3) is 0.800. The van der Waals surface area contributed by atoms with Crippen LogP contribution in [0.1, 0.15) is 39.0 Å². The second kappa shape index (κ2) is 11.9. The van der Waals surface area contributed by atoms with Gasteiger partial charge >= 0.3 is 11.9 Å². The highest BCUT2D eigenvalue weighted by Gasteiger charge is 1.98. The number of hydrogen-bond donors (Lipinski definition) is 4. The van der Waals surface area contributed by atoms with Gasteiger partial charge in [-0.3, -0.25) is 9.59 Å². The van der Waals surface area contributed by atoms with Crippen LogP contribution in [0, 0.1) is 0 Å². The first kappa shape index (κ1) is 17.3. The summed E-state index contributed by atoms with van der Waals surface area (Å²) in [5.74, 6) is -1.51. The number of carboxylic acid groups (broad SMARTS) is 2. The molecule has 0 aliphatic rings. The zero-order valence-corrected chi connectivity index (χ0v) is 9.69. The maximum absolute atomic E-state index is 9.85. The van der Waals surface area contributed by atoms with E-state index >= 15 is 0 Å². The van der Waals surface area contributed by atoms with Crippen molar-refractivity contribution in [2.75, 3.05) is 6.54 Å². The van der Waals surface area contributed by atoms with E-state index in [4.69, 9.17) is 21.7 Å². The first-order valence-electron chi connectivity index (χ1n) is 5.29. The van der Waals surface area contributed by atoms with Gasteiger partial charge in [-0.05, 0) is 32.7 Å². The van der Waals surface area contributed by atoms with E-state index in [9.17, 15) is 9.59 Å². The molecule has 6 heteroatoms. The Kier molecular flexibility index (Phi) is 12.9. The van der Waals surface area contributed by atoms with Crippen LogP contribution >= 0.6 is 0 Å². The van der Waals surface area contributed by atoms with Crippen molar-refractivity contribution >= 4 is 11.9 Å². The van der Waals surface area contributed by atoms with E-state index in [1.165, 1.54) is 0 Å². The fourth-order valence-electron chi connectivity index (χ4n) is 0.772. The normalized spacial score (nSPS) is 11.2. The molecule has 0 saturated carbocycles. The summed E-state index contributed by atoms with van der Waals surface area (Å²) < 4.78 is 0. The Hall–Kier alpha value is -1.14. The molecule has 6 nitrogen and oxygen atoms in total. The average Bonchev–Trinajstić information content (AvgIpc) is 2.16. The van der Waals surface area contributed by atoms with Gasteiger partial charge in [-0.1, -0.05) is 0 Å². The Bertz CT molecular complexity index is 195. The number of carboxylic acids is 2. The highest BCUT2D eigenvalue weighted by Crippen LogP contribution is 1.91. The third-order valence-electron chi connectivity index (χ3n) is 1.66. The van der Waals surface area contributed by atoms with Crippen LogP contribution < -0.4 is 11.5 Å². The van der Waals surface area contributed by atoms with Gasteiger partial charge in [0.15, 0.2) is 0 Å². The van der Waals surface area contributed by atoms with Crippen LogP contribution in [0.2, 0.25) is 0 Å². The lowest BCUT2D eigenvalue weighted by Crippen LogP contribution is -2.15. The second-order valence-corrected chi connectivity index (χ2v) is 3.55. The van der Waals surface area contributed by atoms with Crippen LogP contribution in [0.25, 0.3) is 0 Å². The SMILES string of the molecule is CC(N)CCC(=O)O.NCCCCC(=O)O. The zero-order chi connectivity index (χ0) is 13.0. The van der Waals surface area contributed by atoms with Gasteiger partial charge in [-0.25, -0.2) is 0 Å². The Morgan fingerprint density at radius 3 is 1.88 bits per heavy atom. The highest BCUT2D eigenvalue weighted by atomic mass is 16.4. The van der Waals surface area contributed by atoms with Crippen LogP contribution in [0.15, 0.2) is 0 Å². The van der Waals surface area contributed by atoms with E-state index in [1.807, 2.05) is 0 Å². The summed E-state index contributed by atoms with van der Waals surface area (Å²) in [5.41, 5.74) is 10.4. The molecule has 0 fully saturated rings. The molecule has 0 aromatic carbocycles. The van der Waals surface area contributed by atoms with Crippen molar-refractivity contribution in [2.45, 2.75) is 45.1 Å². The van der Waals surface area contributed by atoms with Gasteiger partial charge in [0, 0.05) is 18.9 Å². The molecule has 1 unspecified atom stereocenters. The van der Waals surface area contributed by atoms with Crippen molar-refractivity contribution in [3.8, 4) is 0 Å². The minimum Gasteiger partial charge on any atom is -0.481 e. The van der Waals surface area contributed by atoms with E-state index in [2.05, 4.69) is 0 Å². The van der Waals surface area contributed by atoms with Gasteiger partial charge in [0.05, 0.1) is 0 Å². The summed E-state index contributed by atoms with van der Waals surface area (Å²) in [5, 5.41) is 16.2. The van der Waals surface area contributed by atoms with Crippen molar-refractivity contribution < 1.29 is 19.8 Å². The molecular weight excluding hydrogens is 212 g/mol.